The van der Waals surface area contributed by atoms with Gasteiger partial charge in [-0.25, -0.2) is 18.0 Å². The van der Waals surface area contributed by atoms with Crippen LogP contribution in [0.25, 0.3) is 11.1 Å². The number of hydrogen-bond donors (Lipinski definition) is 0. The molecule has 0 radical (unpaired) electrons. The number of esters is 1. The molecule has 0 saturated heterocycles. The normalized spacial score (nSPS) is 11.8. The SMILES string of the molecule is CC[C@H](C)COc1ccc(-c2ccc(OC(=O)c3cc(F)c(F)c(F)c3)cc2)cc1. The molecule has 0 spiro atoms. The molecule has 0 saturated carbocycles. The summed E-state index contributed by atoms with van der Waals surface area (Å²) in [5, 5.41) is 0. The van der Waals surface area contributed by atoms with Crippen molar-refractivity contribution in [2.75, 3.05) is 6.61 Å². The largest absolute Gasteiger partial charge is 0.493 e. The van der Waals surface area contributed by atoms with E-state index in [-0.39, 0.29) is 5.75 Å². The first-order chi connectivity index (χ1) is 14.4. The highest BCUT2D eigenvalue weighted by molar-refractivity contribution is 5.91. The summed E-state index contributed by atoms with van der Waals surface area (Å²) in [6.07, 6.45) is 1.06. The standard InChI is InChI=1S/C24H21F3O3/c1-3-15(2)14-29-19-8-4-16(5-9-19)17-6-10-20(11-7-17)30-24(28)18-12-21(25)23(27)22(26)13-18/h4-13,15H,3,14H2,1-2H3/t15-/m0/s1. The van der Waals surface area contributed by atoms with Crippen molar-refractivity contribution >= 4 is 5.97 Å². The van der Waals surface area contributed by atoms with E-state index in [4.69, 9.17) is 9.47 Å². The van der Waals surface area contributed by atoms with E-state index in [1.807, 2.05) is 24.3 Å². The van der Waals surface area contributed by atoms with E-state index in [2.05, 4.69) is 13.8 Å². The molecular weight excluding hydrogens is 393 g/mol. The van der Waals surface area contributed by atoms with E-state index >= 15 is 0 Å². The third kappa shape index (κ3) is 5.20. The smallest absolute Gasteiger partial charge is 0.343 e. The van der Waals surface area contributed by atoms with Crippen LogP contribution in [0.1, 0.15) is 30.6 Å². The number of benzene rings is 3. The molecule has 3 aromatic carbocycles. The quantitative estimate of drug-likeness (QED) is 0.254. The van der Waals surface area contributed by atoms with Crippen LogP contribution in [0.4, 0.5) is 13.2 Å². The molecule has 30 heavy (non-hydrogen) atoms. The Morgan fingerprint density at radius 3 is 1.87 bits per heavy atom. The van der Waals surface area contributed by atoms with Gasteiger partial charge in [-0.3, -0.25) is 0 Å². The molecule has 6 heteroatoms. The molecule has 0 aromatic heterocycles. The van der Waals surface area contributed by atoms with Crippen LogP contribution in [-0.4, -0.2) is 12.6 Å². The molecule has 0 amide bonds. The predicted octanol–water partition coefficient (Wildman–Crippen LogP) is 6.42. The average molecular weight is 414 g/mol. The Morgan fingerprint density at radius 2 is 1.37 bits per heavy atom. The van der Waals surface area contributed by atoms with Crippen LogP contribution in [0.2, 0.25) is 0 Å². The van der Waals surface area contributed by atoms with Crippen molar-refractivity contribution < 1.29 is 27.4 Å². The van der Waals surface area contributed by atoms with Crippen molar-refractivity contribution in [1.29, 1.82) is 0 Å². The second-order valence-corrected chi connectivity index (χ2v) is 7.02. The predicted molar refractivity (Wildman–Crippen MR) is 108 cm³/mol. The number of rotatable bonds is 7. The molecule has 0 aliphatic heterocycles. The fourth-order valence-electron chi connectivity index (χ4n) is 2.65. The van der Waals surface area contributed by atoms with Gasteiger partial charge in [-0.1, -0.05) is 44.5 Å². The summed E-state index contributed by atoms with van der Waals surface area (Å²) in [6, 6.07) is 15.5. The van der Waals surface area contributed by atoms with Crippen molar-refractivity contribution in [1.82, 2.24) is 0 Å². The van der Waals surface area contributed by atoms with Gasteiger partial charge in [-0.15, -0.1) is 0 Å². The van der Waals surface area contributed by atoms with Crippen LogP contribution >= 0.6 is 0 Å². The maximum atomic E-state index is 13.3. The van der Waals surface area contributed by atoms with Gasteiger partial charge in [-0.05, 0) is 53.4 Å². The zero-order valence-corrected chi connectivity index (χ0v) is 16.6. The molecule has 0 heterocycles. The molecule has 0 aliphatic carbocycles. The van der Waals surface area contributed by atoms with Crippen molar-refractivity contribution in [3.8, 4) is 22.6 Å². The molecule has 156 valence electrons. The third-order valence-corrected chi connectivity index (χ3v) is 4.70. The molecular formula is C24H21F3O3. The highest BCUT2D eigenvalue weighted by atomic mass is 19.2. The zero-order valence-electron chi connectivity index (χ0n) is 16.6. The maximum absolute atomic E-state index is 13.3. The van der Waals surface area contributed by atoms with Gasteiger partial charge in [-0.2, -0.15) is 0 Å². The molecule has 0 N–H and O–H groups in total. The van der Waals surface area contributed by atoms with Gasteiger partial charge in [0, 0.05) is 0 Å². The first-order valence-electron chi connectivity index (χ1n) is 9.57. The number of ether oxygens (including phenoxy) is 2. The van der Waals surface area contributed by atoms with E-state index in [1.165, 1.54) is 0 Å². The summed E-state index contributed by atoms with van der Waals surface area (Å²) < 4.78 is 50.4. The van der Waals surface area contributed by atoms with Crippen molar-refractivity contribution in [2.45, 2.75) is 20.3 Å². The minimum Gasteiger partial charge on any atom is -0.493 e. The van der Waals surface area contributed by atoms with Gasteiger partial charge in [0.1, 0.15) is 11.5 Å². The lowest BCUT2D eigenvalue weighted by Gasteiger charge is -2.11. The zero-order chi connectivity index (χ0) is 21.7. The molecule has 3 aromatic rings. The Morgan fingerprint density at radius 1 is 0.867 bits per heavy atom. The Balaban J connectivity index is 1.65. The average Bonchev–Trinajstić information content (AvgIpc) is 2.76. The number of hydrogen-bond acceptors (Lipinski definition) is 3. The Bertz CT molecular complexity index is 992. The molecule has 0 aliphatic rings. The second-order valence-electron chi connectivity index (χ2n) is 7.02. The van der Waals surface area contributed by atoms with E-state index < -0.39 is 29.0 Å². The van der Waals surface area contributed by atoms with Gasteiger partial charge in [0.25, 0.3) is 0 Å². The van der Waals surface area contributed by atoms with E-state index in [9.17, 15) is 18.0 Å². The van der Waals surface area contributed by atoms with Crippen LogP contribution < -0.4 is 9.47 Å². The summed E-state index contributed by atoms with van der Waals surface area (Å²) in [7, 11) is 0. The molecule has 0 fully saturated rings. The van der Waals surface area contributed by atoms with Gasteiger partial charge >= 0.3 is 5.97 Å². The van der Waals surface area contributed by atoms with Gasteiger partial charge < -0.3 is 9.47 Å². The lowest BCUT2D eigenvalue weighted by atomic mass is 10.1. The van der Waals surface area contributed by atoms with Crippen LogP contribution in [0.15, 0.2) is 60.7 Å². The first-order valence-corrected chi connectivity index (χ1v) is 9.57. The number of carbonyl (C=O) groups is 1. The van der Waals surface area contributed by atoms with E-state index in [0.29, 0.717) is 24.7 Å². The first kappa shape index (κ1) is 21.4. The Hall–Kier alpha value is -3.28. The van der Waals surface area contributed by atoms with Crippen molar-refractivity contribution in [3.05, 3.63) is 83.7 Å². The van der Waals surface area contributed by atoms with E-state index in [0.717, 1.165) is 23.3 Å². The fourth-order valence-corrected chi connectivity index (χ4v) is 2.65. The van der Waals surface area contributed by atoms with Crippen LogP contribution in [0, 0.1) is 23.4 Å². The van der Waals surface area contributed by atoms with Crippen LogP contribution in [0.3, 0.4) is 0 Å². The van der Waals surface area contributed by atoms with Crippen LogP contribution in [-0.2, 0) is 0 Å². The lowest BCUT2D eigenvalue weighted by Crippen LogP contribution is -2.10. The summed E-state index contributed by atoms with van der Waals surface area (Å²) in [6.45, 7) is 4.91. The molecule has 0 unspecified atom stereocenters. The van der Waals surface area contributed by atoms with Crippen LogP contribution in [0.5, 0.6) is 11.5 Å². The minimum atomic E-state index is -1.63. The maximum Gasteiger partial charge on any atom is 0.343 e. The van der Waals surface area contributed by atoms with Gasteiger partial charge in [0.05, 0.1) is 12.2 Å². The minimum absolute atomic E-state index is 0.197. The monoisotopic (exact) mass is 414 g/mol. The molecule has 0 bridgehead atoms. The summed E-state index contributed by atoms with van der Waals surface area (Å²) in [4.78, 5) is 12.1. The molecule has 3 nitrogen and oxygen atoms in total. The second kappa shape index (κ2) is 9.48. The van der Waals surface area contributed by atoms with Gasteiger partial charge in [0.15, 0.2) is 17.5 Å². The summed E-state index contributed by atoms with van der Waals surface area (Å²) in [5.74, 6) is -4.04. The van der Waals surface area contributed by atoms with Crippen molar-refractivity contribution in [3.63, 3.8) is 0 Å². The lowest BCUT2D eigenvalue weighted by molar-refractivity contribution is 0.0733. The summed E-state index contributed by atoms with van der Waals surface area (Å²) in [5.41, 5.74) is 1.43. The molecule has 1 atom stereocenters. The third-order valence-electron chi connectivity index (χ3n) is 4.70. The van der Waals surface area contributed by atoms with Crippen molar-refractivity contribution in [2.24, 2.45) is 5.92 Å². The number of halogens is 3. The summed E-state index contributed by atoms with van der Waals surface area (Å²) >= 11 is 0. The highest BCUT2D eigenvalue weighted by Gasteiger charge is 2.16. The van der Waals surface area contributed by atoms with Gasteiger partial charge in [0.2, 0.25) is 0 Å². The Labute approximate surface area is 173 Å². The fraction of sp³-hybridized carbons (Fsp3) is 0.208. The molecule has 3 rings (SSSR count). The Kier molecular flexibility index (Phi) is 6.77. The number of carbonyl (C=O) groups excluding carboxylic acids is 1. The van der Waals surface area contributed by atoms with E-state index in [1.54, 1.807) is 24.3 Å². The topological polar surface area (TPSA) is 35.5 Å². The highest BCUT2D eigenvalue weighted by Crippen LogP contribution is 2.25.